The molecule has 0 aliphatic rings. The fourth-order valence-corrected chi connectivity index (χ4v) is 1.25. The SMILES string of the molecule is O.O.O=P(O)(O)OP(=O)(O)O.[KH]. The van der Waals surface area contributed by atoms with Crippen molar-refractivity contribution in [3.63, 3.8) is 0 Å². The summed E-state index contributed by atoms with van der Waals surface area (Å²) in [5.41, 5.74) is 0. The molecule has 0 aromatic rings. The average molecular weight is 254 g/mol. The Bertz CT molecular complexity index is 153. The summed E-state index contributed by atoms with van der Waals surface area (Å²) in [6.45, 7) is 0. The molecule has 0 rings (SSSR count). The van der Waals surface area contributed by atoms with E-state index in [2.05, 4.69) is 4.31 Å². The van der Waals surface area contributed by atoms with Gasteiger partial charge < -0.3 is 30.5 Å². The van der Waals surface area contributed by atoms with Gasteiger partial charge in [-0.1, -0.05) is 0 Å². The Morgan fingerprint density at radius 1 is 0.833 bits per heavy atom. The molecule has 0 aromatic heterocycles. The van der Waals surface area contributed by atoms with E-state index in [0.29, 0.717) is 0 Å². The van der Waals surface area contributed by atoms with Crippen LogP contribution in [-0.4, -0.2) is 81.9 Å². The standard InChI is InChI=1S/K.H4O7P2.2H2O.H/c;1-8(2,3)7-9(4,5)6;;;/h;(H2,1,2,3)(H2,4,5,6);2*1H2;. The van der Waals surface area contributed by atoms with Crippen molar-refractivity contribution in [1.29, 1.82) is 0 Å². The molecule has 0 atom stereocenters. The van der Waals surface area contributed by atoms with Gasteiger partial charge in [-0.05, 0) is 0 Å². The van der Waals surface area contributed by atoms with Crippen molar-refractivity contribution in [3.8, 4) is 0 Å². The van der Waals surface area contributed by atoms with Crippen molar-refractivity contribution in [2.24, 2.45) is 0 Å². The van der Waals surface area contributed by atoms with Gasteiger partial charge in [0.2, 0.25) is 0 Å². The fourth-order valence-electron chi connectivity index (χ4n) is 0.139. The summed E-state index contributed by atoms with van der Waals surface area (Å²) in [6.07, 6.45) is 0. The van der Waals surface area contributed by atoms with Gasteiger partial charge in [0.25, 0.3) is 0 Å². The van der Waals surface area contributed by atoms with Crippen molar-refractivity contribution < 1.29 is 44.0 Å². The number of hydrogen-bond donors (Lipinski definition) is 4. The van der Waals surface area contributed by atoms with Crippen LogP contribution in [0.15, 0.2) is 0 Å². The van der Waals surface area contributed by atoms with Crippen LogP contribution in [0.3, 0.4) is 0 Å². The van der Waals surface area contributed by atoms with E-state index in [1.54, 1.807) is 0 Å². The predicted octanol–water partition coefficient (Wildman–Crippen LogP) is -3.11. The first-order chi connectivity index (χ1) is 3.71. The topological polar surface area (TPSA) is 187 Å². The third-order valence-electron chi connectivity index (χ3n) is 0.213. The minimum atomic E-state index is -5.05. The Balaban J connectivity index is -0.000000107. The first-order valence-corrected chi connectivity index (χ1v) is 4.59. The second-order valence-corrected chi connectivity index (χ2v) is 3.68. The van der Waals surface area contributed by atoms with Gasteiger partial charge in [-0.15, -0.1) is 0 Å². The quantitative estimate of drug-likeness (QED) is 0.296. The molecule has 74 valence electrons. The molecule has 0 spiro atoms. The summed E-state index contributed by atoms with van der Waals surface area (Å²) >= 11 is 0. The van der Waals surface area contributed by atoms with Crippen molar-refractivity contribution in [2.45, 2.75) is 0 Å². The summed E-state index contributed by atoms with van der Waals surface area (Å²) in [6, 6.07) is 0. The molecule has 0 aliphatic carbocycles. The number of rotatable bonds is 2. The van der Waals surface area contributed by atoms with E-state index < -0.39 is 15.6 Å². The molecular formula is H9KO9P2. The maximum atomic E-state index is 9.63. The van der Waals surface area contributed by atoms with Crippen LogP contribution in [0.5, 0.6) is 0 Å². The number of phosphoric acid groups is 2. The molecule has 12 heavy (non-hydrogen) atoms. The summed E-state index contributed by atoms with van der Waals surface area (Å²) in [7, 11) is -10.1. The van der Waals surface area contributed by atoms with E-state index in [1.165, 1.54) is 0 Å². The summed E-state index contributed by atoms with van der Waals surface area (Å²) in [5.74, 6) is 0. The minimum absolute atomic E-state index is 0. The van der Waals surface area contributed by atoms with E-state index in [9.17, 15) is 9.13 Å². The summed E-state index contributed by atoms with van der Waals surface area (Å²) in [4.78, 5) is 31.0. The Morgan fingerprint density at radius 3 is 1.00 bits per heavy atom. The van der Waals surface area contributed by atoms with Crippen molar-refractivity contribution in [1.82, 2.24) is 0 Å². The summed E-state index contributed by atoms with van der Waals surface area (Å²) < 4.78 is 22.2. The van der Waals surface area contributed by atoms with Crippen LogP contribution in [-0.2, 0) is 13.4 Å². The first kappa shape index (κ1) is 23.6. The third-order valence-corrected chi connectivity index (χ3v) is 1.91. The normalized spacial score (nSPS) is 10.3. The maximum absolute atomic E-state index is 9.63. The van der Waals surface area contributed by atoms with Crippen LogP contribution in [0.25, 0.3) is 0 Å². The number of hydrogen-bond acceptors (Lipinski definition) is 3. The Hall–Kier alpha value is 1.82. The van der Waals surface area contributed by atoms with Gasteiger partial charge in [-0.3, -0.25) is 0 Å². The molecule has 8 N–H and O–H groups in total. The van der Waals surface area contributed by atoms with Gasteiger partial charge in [0.15, 0.2) is 0 Å². The van der Waals surface area contributed by atoms with Gasteiger partial charge in [-0.2, -0.15) is 4.31 Å². The molecule has 0 fully saturated rings. The molecule has 0 heterocycles. The molecule has 0 saturated heterocycles. The van der Waals surface area contributed by atoms with Crippen LogP contribution in [0.4, 0.5) is 0 Å². The van der Waals surface area contributed by atoms with Gasteiger partial charge in [0, 0.05) is 0 Å². The van der Waals surface area contributed by atoms with Crippen LogP contribution in [0, 0.1) is 0 Å². The molecule has 0 bridgehead atoms. The van der Waals surface area contributed by atoms with Crippen molar-refractivity contribution in [3.05, 3.63) is 0 Å². The van der Waals surface area contributed by atoms with Crippen LogP contribution >= 0.6 is 15.6 Å². The molecule has 0 saturated carbocycles. The van der Waals surface area contributed by atoms with E-state index in [0.717, 1.165) is 0 Å². The van der Waals surface area contributed by atoms with E-state index in [4.69, 9.17) is 19.6 Å². The molecule has 0 amide bonds. The van der Waals surface area contributed by atoms with Gasteiger partial charge in [0.05, 0.1) is 0 Å². The molecule has 0 radical (unpaired) electrons. The molecule has 0 unspecified atom stereocenters. The zero-order valence-electron chi connectivity index (χ0n) is 4.91. The van der Waals surface area contributed by atoms with Crippen molar-refractivity contribution in [2.75, 3.05) is 0 Å². The van der Waals surface area contributed by atoms with E-state index in [1.807, 2.05) is 0 Å². The molecule has 9 nitrogen and oxygen atoms in total. The molecular weight excluding hydrogens is 245 g/mol. The molecule has 0 aliphatic heterocycles. The molecule has 0 aromatic carbocycles. The second-order valence-electron chi connectivity index (χ2n) is 1.06. The Kier molecular flexibility index (Phi) is 16.0. The van der Waals surface area contributed by atoms with Crippen LogP contribution in [0.1, 0.15) is 0 Å². The Morgan fingerprint density at radius 2 is 1.00 bits per heavy atom. The van der Waals surface area contributed by atoms with Gasteiger partial charge in [-0.25, -0.2) is 9.13 Å². The van der Waals surface area contributed by atoms with E-state index in [-0.39, 0.29) is 62.3 Å². The zero-order valence-corrected chi connectivity index (χ0v) is 6.70. The monoisotopic (exact) mass is 254 g/mol. The third kappa shape index (κ3) is 22.6. The Labute approximate surface area is 110 Å². The van der Waals surface area contributed by atoms with Crippen LogP contribution in [0.2, 0.25) is 0 Å². The molecule has 12 heteroatoms. The second kappa shape index (κ2) is 8.15. The average Bonchev–Trinajstić information content (AvgIpc) is 1.14. The van der Waals surface area contributed by atoms with E-state index >= 15 is 0 Å². The van der Waals surface area contributed by atoms with Gasteiger partial charge in [0.1, 0.15) is 0 Å². The fraction of sp³-hybridized carbons (Fsp3) is 0. The first-order valence-electron chi connectivity index (χ1n) is 1.53. The van der Waals surface area contributed by atoms with Gasteiger partial charge >= 0.3 is 67.0 Å². The predicted molar refractivity (Wildman–Crippen MR) is 39.5 cm³/mol. The summed E-state index contributed by atoms with van der Waals surface area (Å²) in [5, 5.41) is 0. The zero-order chi connectivity index (χ0) is 7.71. The van der Waals surface area contributed by atoms with Crippen molar-refractivity contribution >= 4 is 67.0 Å². The van der Waals surface area contributed by atoms with Crippen LogP contribution < -0.4 is 0 Å².